The summed E-state index contributed by atoms with van der Waals surface area (Å²) in [7, 11) is -3.40. The highest BCUT2D eigenvalue weighted by Gasteiger charge is 2.21. The van der Waals surface area contributed by atoms with Crippen molar-refractivity contribution < 1.29 is 13.3 Å². The molecule has 1 rings (SSSR count). The van der Waals surface area contributed by atoms with Gasteiger partial charge in [0, 0.05) is 11.6 Å². The predicted octanol–water partition coefficient (Wildman–Crippen LogP) is 1.51. The van der Waals surface area contributed by atoms with Crippen LogP contribution in [0.2, 0.25) is 0 Å². The quantitative estimate of drug-likeness (QED) is 0.654. The Morgan fingerprint density at radius 3 is 2.47 bits per heavy atom. The van der Waals surface area contributed by atoms with Crippen LogP contribution in [0.25, 0.3) is 0 Å². The molecule has 17 heavy (non-hydrogen) atoms. The Bertz CT molecular complexity index is 539. The number of nitro groups is 1. The lowest BCUT2D eigenvalue weighted by atomic mass is 10.0. The Morgan fingerprint density at radius 2 is 2.00 bits per heavy atom. The van der Waals surface area contributed by atoms with Crippen LogP contribution in [-0.4, -0.2) is 19.6 Å². The fraction of sp³-hybridized carbons (Fsp3) is 0.400. The predicted molar refractivity (Wildman–Crippen MR) is 64.2 cm³/mol. The van der Waals surface area contributed by atoms with E-state index < -0.39 is 21.0 Å². The van der Waals surface area contributed by atoms with Gasteiger partial charge in [-0.05, 0) is 19.9 Å². The zero-order valence-electron chi connectivity index (χ0n) is 9.80. The topological polar surface area (TPSA) is 89.3 Å². The number of aryl methyl sites for hydroxylation is 1. The molecule has 0 saturated heterocycles. The highest BCUT2D eigenvalue weighted by Crippen LogP contribution is 2.26. The van der Waals surface area contributed by atoms with E-state index >= 15 is 0 Å². The van der Waals surface area contributed by atoms with E-state index in [4.69, 9.17) is 0 Å². The Morgan fingerprint density at radius 1 is 1.41 bits per heavy atom. The summed E-state index contributed by atoms with van der Waals surface area (Å²) in [6, 6.07) is 3.98. The van der Waals surface area contributed by atoms with Gasteiger partial charge in [-0.15, -0.1) is 0 Å². The zero-order chi connectivity index (χ0) is 13.2. The molecule has 0 aliphatic rings. The van der Waals surface area contributed by atoms with E-state index in [1.54, 1.807) is 26.0 Å². The maximum absolute atomic E-state index is 11.1. The summed E-state index contributed by atoms with van der Waals surface area (Å²) in [5.41, 5.74) is 1.12. The number of nitro benzene ring substituents is 1. The van der Waals surface area contributed by atoms with Crippen LogP contribution in [0.15, 0.2) is 18.2 Å². The van der Waals surface area contributed by atoms with E-state index in [1.807, 2.05) is 0 Å². The molecule has 1 unspecified atom stereocenters. The highest BCUT2D eigenvalue weighted by atomic mass is 32.2. The van der Waals surface area contributed by atoms with Crippen molar-refractivity contribution in [2.24, 2.45) is 0 Å². The molecular weight excluding hydrogens is 244 g/mol. The third kappa shape index (κ3) is 3.79. The molecular formula is C10H14N2O4S. The van der Waals surface area contributed by atoms with Crippen LogP contribution in [0.1, 0.15) is 24.1 Å². The highest BCUT2D eigenvalue weighted by molar-refractivity contribution is 7.88. The van der Waals surface area contributed by atoms with Crippen LogP contribution >= 0.6 is 0 Å². The molecule has 0 spiro atoms. The average Bonchev–Trinajstić information content (AvgIpc) is 2.14. The summed E-state index contributed by atoms with van der Waals surface area (Å²) in [4.78, 5) is 10.3. The summed E-state index contributed by atoms with van der Waals surface area (Å²) < 4.78 is 24.5. The first kappa shape index (κ1) is 13.6. The lowest BCUT2D eigenvalue weighted by Crippen LogP contribution is -2.25. The lowest BCUT2D eigenvalue weighted by molar-refractivity contribution is -0.385. The van der Waals surface area contributed by atoms with Crippen LogP contribution in [0.4, 0.5) is 5.69 Å². The molecule has 0 aliphatic carbocycles. The average molecular weight is 258 g/mol. The van der Waals surface area contributed by atoms with Gasteiger partial charge in [-0.2, -0.15) is 0 Å². The Hall–Kier alpha value is -1.47. The SMILES string of the molecule is Cc1ccc([N+](=O)[O-])c(C(C)NS(C)(=O)=O)c1. The third-order valence-corrected chi connectivity index (χ3v) is 3.02. The van der Waals surface area contributed by atoms with Crippen molar-refractivity contribution >= 4 is 15.7 Å². The Labute approximate surface area is 99.9 Å². The summed E-state index contributed by atoms with van der Waals surface area (Å²) >= 11 is 0. The van der Waals surface area contributed by atoms with Gasteiger partial charge in [-0.1, -0.05) is 11.6 Å². The summed E-state index contributed by atoms with van der Waals surface area (Å²) in [6.45, 7) is 3.36. The molecule has 0 aliphatic heterocycles. The molecule has 94 valence electrons. The van der Waals surface area contributed by atoms with E-state index in [-0.39, 0.29) is 5.69 Å². The van der Waals surface area contributed by atoms with Gasteiger partial charge in [0.2, 0.25) is 10.0 Å². The molecule has 0 aromatic heterocycles. The first-order valence-corrected chi connectivity index (χ1v) is 6.82. The van der Waals surface area contributed by atoms with Gasteiger partial charge in [-0.3, -0.25) is 10.1 Å². The number of nitrogens with zero attached hydrogens (tertiary/aromatic N) is 1. The zero-order valence-corrected chi connectivity index (χ0v) is 10.6. The molecule has 1 aromatic carbocycles. The molecule has 6 nitrogen and oxygen atoms in total. The van der Waals surface area contributed by atoms with E-state index in [1.165, 1.54) is 6.07 Å². The van der Waals surface area contributed by atoms with Crippen molar-refractivity contribution in [3.8, 4) is 0 Å². The fourth-order valence-corrected chi connectivity index (χ4v) is 2.34. The van der Waals surface area contributed by atoms with Crippen LogP contribution < -0.4 is 4.72 Å². The molecule has 0 fully saturated rings. The minimum atomic E-state index is -3.40. The number of hydrogen-bond donors (Lipinski definition) is 1. The van der Waals surface area contributed by atoms with E-state index in [9.17, 15) is 18.5 Å². The lowest BCUT2D eigenvalue weighted by Gasteiger charge is -2.13. The van der Waals surface area contributed by atoms with Crippen molar-refractivity contribution in [2.45, 2.75) is 19.9 Å². The molecule has 0 heterocycles. The van der Waals surface area contributed by atoms with Crippen molar-refractivity contribution in [1.29, 1.82) is 0 Å². The fourth-order valence-electron chi connectivity index (χ4n) is 1.57. The van der Waals surface area contributed by atoms with Gasteiger partial charge in [0.15, 0.2) is 0 Å². The molecule has 1 aromatic rings. The number of sulfonamides is 1. The van der Waals surface area contributed by atoms with Gasteiger partial charge in [0.1, 0.15) is 0 Å². The molecule has 7 heteroatoms. The van der Waals surface area contributed by atoms with E-state index in [2.05, 4.69) is 4.72 Å². The van der Waals surface area contributed by atoms with E-state index in [0.717, 1.165) is 11.8 Å². The number of hydrogen-bond acceptors (Lipinski definition) is 4. The maximum atomic E-state index is 11.1. The van der Waals surface area contributed by atoms with Crippen LogP contribution in [0.3, 0.4) is 0 Å². The summed E-state index contributed by atoms with van der Waals surface area (Å²) in [5.74, 6) is 0. The molecule has 1 N–H and O–H groups in total. The third-order valence-electron chi connectivity index (χ3n) is 2.24. The molecule has 0 saturated carbocycles. The van der Waals surface area contributed by atoms with Crippen LogP contribution in [-0.2, 0) is 10.0 Å². The smallest absolute Gasteiger partial charge is 0.258 e. The monoisotopic (exact) mass is 258 g/mol. The van der Waals surface area contributed by atoms with Crippen molar-refractivity contribution in [1.82, 2.24) is 4.72 Å². The van der Waals surface area contributed by atoms with E-state index in [0.29, 0.717) is 5.56 Å². The number of rotatable bonds is 4. The normalized spacial score (nSPS) is 13.4. The van der Waals surface area contributed by atoms with Gasteiger partial charge in [0.05, 0.1) is 17.2 Å². The van der Waals surface area contributed by atoms with Crippen molar-refractivity contribution in [2.75, 3.05) is 6.26 Å². The second kappa shape index (κ2) is 4.80. The first-order valence-electron chi connectivity index (χ1n) is 4.93. The second-order valence-electron chi connectivity index (χ2n) is 3.93. The number of benzene rings is 1. The van der Waals surface area contributed by atoms with Gasteiger partial charge >= 0.3 is 0 Å². The first-order chi connectivity index (χ1) is 7.70. The number of nitrogens with one attached hydrogen (secondary N) is 1. The molecule has 1 atom stereocenters. The van der Waals surface area contributed by atoms with Gasteiger partial charge < -0.3 is 0 Å². The Balaban J connectivity index is 3.19. The van der Waals surface area contributed by atoms with Crippen LogP contribution in [0, 0.1) is 17.0 Å². The molecule has 0 amide bonds. The maximum Gasteiger partial charge on any atom is 0.274 e. The van der Waals surface area contributed by atoms with Crippen molar-refractivity contribution in [3.05, 3.63) is 39.4 Å². The molecule has 0 bridgehead atoms. The minimum Gasteiger partial charge on any atom is -0.258 e. The standard InChI is InChI=1S/C10H14N2O4S/c1-7-4-5-10(12(13)14)9(6-7)8(2)11-17(3,15)16/h4-6,8,11H,1-3H3. The Kier molecular flexibility index (Phi) is 3.84. The van der Waals surface area contributed by atoms with Gasteiger partial charge in [0.25, 0.3) is 5.69 Å². The van der Waals surface area contributed by atoms with Crippen LogP contribution in [0.5, 0.6) is 0 Å². The molecule has 0 radical (unpaired) electrons. The summed E-state index contributed by atoms with van der Waals surface area (Å²) in [5, 5.41) is 10.8. The largest absolute Gasteiger partial charge is 0.274 e. The summed E-state index contributed by atoms with van der Waals surface area (Å²) in [6.07, 6.45) is 1.02. The minimum absolute atomic E-state index is 0.0840. The van der Waals surface area contributed by atoms with Gasteiger partial charge in [-0.25, -0.2) is 13.1 Å². The van der Waals surface area contributed by atoms with Crippen molar-refractivity contribution in [3.63, 3.8) is 0 Å². The second-order valence-corrected chi connectivity index (χ2v) is 5.71.